The zero-order valence-corrected chi connectivity index (χ0v) is 34.3. The summed E-state index contributed by atoms with van der Waals surface area (Å²) in [6, 6.07) is 2.86. The maximum absolute atomic E-state index is 14.5. The summed E-state index contributed by atoms with van der Waals surface area (Å²) in [6.45, 7) is 8.25. The van der Waals surface area contributed by atoms with Crippen LogP contribution >= 0.6 is 0 Å². The maximum atomic E-state index is 14.5. The van der Waals surface area contributed by atoms with Gasteiger partial charge in [-0.15, -0.1) is 0 Å². The predicted molar refractivity (Wildman–Crippen MR) is 210 cm³/mol. The molecule has 1 aromatic rings. The van der Waals surface area contributed by atoms with Crippen LogP contribution in [-0.4, -0.2) is 125 Å². The minimum absolute atomic E-state index is 0.0294. The molecule has 1 fully saturated rings. The summed E-state index contributed by atoms with van der Waals surface area (Å²) >= 11 is 0. The van der Waals surface area contributed by atoms with Gasteiger partial charge < -0.3 is 46.2 Å². The molecule has 0 spiro atoms. The van der Waals surface area contributed by atoms with Gasteiger partial charge in [-0.1, -0.05) is 65.3 Å². The molecule has 5 atom stereocenters. The van der Waals surface area contributed by atoms with Crippen LogP contribution in [0.5, 0.6) is 0 Å². The molecule has 1 aromatic carbocycles. The van der Waals surface area contributed by atoms with E-state index in [9.17, 15) is 43.2 Å². The van der Waals surface area contributed by atoms with Crippen LogP contribution in [0.15, 0.2) is 24.3 Å². The highest BCUT2D eigenvalue weighted by molar-refractivity contribution is 6.38. The van der Waals surface area contributed by atoms with Crippen LogP contribution in [0.4, 0.5) is 4.79 Å². The number of carbonyl (C=O) groups excluding carboxylic acids is 8. The van der Waals surface area contributed by atoms with E-state index in [0.717, 1.165) is 11.1 Å². The number of benzene rings is 1. The number of aliphatic carboxylic acids is 1. The molecule has 58 heavy (non-hydrogen) atoms. The summed E-state index contributed by atoms with van der Waals surface area (Å²) in [7, 11) is 1.53. The number of likely N-dealkylation sites (tertiary alicyclic amines) is 1. The lowest BCUT2D eigenvalue weighted by Gasteiger charge is -2.32. The van der Waals surface area contributed by atoms with Gasteiger partial charge in [0.15, 0.2) is 0 Å². The molecule has 0 saturated carbocycles. The molecule has 2 aliphatic rings. The van der Waals surface area contributed by atoms with Crippen LogP contribution in [0.3, 0.4) is 0 Å². The molecule has 320 valence electrons. The molecule has 0 bridgehead atoms. The van der Waals surface area contributed by atoms with Gasteiger partial charge in [-0.2, -0.15) is 0 Å². The van der Waals surface area contributed by atoms with E-state index in [1.54, 1.807) is 34.6 Å². The van der Waals surface area contributed by atoms with E-state index in [4.69, 9.17) is 9.84 Å². The van der Waals surface area contributed by atoms with Gasteiger partial charge in [0, 0.05) is 39.4 Å². The van der Waals surface area contributed by atoms with E-state index in [0.29, 0.717) is 38.8 Å². The molecule has 2 heterocycles. The number of ketones is 1. The van der Waals surface area contributed by atoms with Gasteiger partial charge >= 0.3 is 12.1 Å². The molecule has 0 aromatic heterocycles. The van der Waals surface area contributed by atoms with Gasteiger partial charge in [0.05, 0.1) is 12.6 Å². The number of nitrogens with one attached hydrogen (secondary N) is 5. The van der Waals surface area contributed by atoms with Gasteiger partial charge in [0.1, 0.15) is 30.8 Å². The average Bonchev–Trinajstić information content (AvgIpc) is 3.62. The Morgan fingerprint density at radius 2 is 1.50 bits per heavy atom. The van der Waals surface area contributed by atoms with E-state index in [1.807, 2.05) is 29.6 Å². The van der Waals surface area contributed by atoms with E-state index >= 15 is 0 Å². The number of hydrogen-bond acceptors (Lipinski definition) is 10. The van der Waals surface area contributed by atoms with E-state index in [-0.39, 0.29) is 44.1 Å². The van der Waals surface area contributed by atoms with Crippen molar-refractivity contribution in [1.82, 2.24) is 36.4 Å². The normalized spacial score (nSPS) is 17.7. The van der Waals surface area contributed by atoms with Gasteiger partial charge in [0.25, 0.3) is 5.91 Å². The third-order valence-electron chi connectivity index (χ3n) is 10.2. The lowest BCUT2D eigenvalue weighted by molar-refractivity contribution is -0.145. The molecular formula is C40H59N7O11. The van der Waals surface area contributed by atoms with Crippen LogP contribution in [0.1, 0.15) is 90.7 Å². The third-order valence-corrected chi connectivity index (χ3v) is 10.2. The number of unbranched alkanes of at least 4 members (excludes halogenated alkanes) is 1. The molecule has 2 aliphatic heterocycles. The smallest absolute Gasteiger partial charge is 0.410 e. The fraction of sp³-hybridized carbons (Fsp3) is 0.625. The fourth-order valence-corrected chi connectivity index (χ4v) is 6.88. The number of ether oxygens (including phenoxy) is 1. The molecule has 18 heteroatoms. The van der Waals surface area contributed by atoms with Gasteiger partial charge in [0.2, 0.25) is 35.3 Å². The largest absolute Gasteiger partial charge is 0.480 e. The van der Waals surface area contributed by atoms with Crippen LogP contribution in [0.2, 0.25) is 0 Å². The average molecular weight is 814 g/mol. The molecule has 0 radical (unpaired) electrons. The number of rotatable bonds is 20. The first-order valence-corrected chi connectivity index (χ1v) is 19.9. The van der Waals surface area contributed by atoms with Crippen LogP contribution in [-0.2, 0) is 56.1 Å². The molecule has 1 saturated heterocycles. The maximum Gasteiger partial charge on any atom is 0.410 e. The number of fused-ring (bicyclic) bond motifs is 1. The minimum Gasteiger partial charge on any atom is -0.480 e. The fourth-order valence-electron chi connectivity index (χ4n) is 6.88. The van der Waals surface area contributed by atoms with Crippen molar-refractivity contribution in [3.63, 3.8) is 0 Å². The summed E-state index contributed by atoms with van der Waals surface area (Å²) < 4.78 is 5.88. The van der Waals surface area contributed by atoms with Crippen molar-refractivity contribution in [2.75, 3.05) is 26.7 Å². The monoisotopic (exact) mass is 813 g/mol. The Hall–Kier alpha value is -5.55. The Morgan fingerprint density at radius 3 is 2.10 bits per heavy atom. The van der Waals surface area contributed by atoms with Crippen molar-refractivity contribution in [3.05, 3.63) is 35.4 Å². The van der Waals surface area contributed by atoms with Gasteiger partial charge in [-0.3, -0.25) is 38.4 Å². The van der Waals surface area contributed by atoms with Crippen molar-refractivity contribution in [2.45, 2.75) is 123 Å². The number of carboxylic acids is 1. The molecule has 7 amide bonds. The zero-order chi connectivity index (χ0) is 43.1. The van der Waals surface area contributed by atoms with Crippen molar-refractivity contribution in [2.24, 2.45) is 11.8 Å². The van der Waals surface area contributed by atoms with Crippen molar-refractivity contribution >= 4 is 53.3 Å². The van der Waals surface area contributed by atoms with E-state index in [2.05, 4.69) is 21.3 Å². The second kappa shape index (κ2) is 22.4. The number of carboxylic acid groups (broad SMARTS) is 1. The standard InChI is InChI=1S/C40H59N7O11/c1-7-12-28(35(52)38(55)42-20-32(50)51)43-36(53)29-19-27(58-40(57)46-18-17-25-13-8-9-14-26(25)21-46)22-47(29)39(56)34(24(4)5)45-37(54)33(23(2)3)44-31(49)16-11-10-15-30(48)41-6/h8-9,13-14,23-24,27-29,33-34H,7,10-12,15-22H2,1-6H3,(H,41,48)(H,42,55)(H,43,53)(H,44,49)(H,45,54)(H,50,51)/t27-,28?,29?,33+,34+/m1/s1. The van der Waals surface area contributed by atoms with Crippen molar-refractivity contribution in [1.29, 1.82) is 0 Å². The Labute approximate surface area is 338 Å². The van der Waals surface area contributed by atoms with Crippen LogP contribution in [0.25, 0.3) is 0 Å². The molecule has 3 rings (SSSR count). The topological polar surface area (TPSA) is 250 Å². The third kappa shape index (κ3) is 13.5. The Kier molecular flexibility index (Phi) is 18.1. The first-order chi connectivity index (χ1) is 27.5. The summed E-state index contributed by atoms with van der Waals surface area (Å²) in [6.07, 6.45) is 0.492. The summed E-state index contributed by atoms with van der Waals surface area (Å²) in [5.74, 6) is -7.19. The Balaban J connectivity index is 1.83. The minimum atomic E-state index is -1.37. The Bertz CT molecular complexity index is 1680. The highest BCUT2D eigenvalue weighted by Crippen LogP contribution is 2.26. The molecule has 0 aliphatic carbocycles. The summed E-state index contributed by atoms with van der Waals surface area (Å²) in [5, 5.41) is 21.5. The summed E-state index contributed by atoms with van der Waals surface area (Å²) in [4.78, 5) is 119. The molecule has 2 unspecified atom stereocenters. The second-order valence-corrected chi connectivity index (χ2v) is 15.4. The van der Waals surface area contributed by atoms with Crippen LogP contribution < -0.4 is 26.6 Å². The van der Waals surface area contributed by atoms with E-state index in [1.165, 1.54) is 16.8 Å². The van der Waals surface area contributed by atoms with Crippen molar-refractivity contribution < 1.29 is 53.0 Å². The SMILES string of the molecule is CCCC(NC(=O)C1C[C@@H](OC(=O)N2CCc3ccccc3C2)CN1C(=O)[C@@H](NC(=O)[C@@H](NC(=O)CCCCC(=O)NC)C(C)C)C(C)C)C(=O)C(=O)NCC(=O)O. The first kappa shape index (κ1) is 46.8. The zero-order valence-electron chi connectivity index (χ0n) is 34.3. The Morgan fingerprint density at radius 1 is 0.862 bits per heavy atom. The van der Waals surface area contributed by atoms with Crippen LogP contribution in [0, 0.1) is 11.8 Å². The van der Waals surface area contributed by atoms with Gasteiger partial charge in [-0.05, 0) is 48.6 Å². The lowest BCUT2D eigenvalue weighted by atomic mass is 9.98. The summed E-state index contributed by atoms with van der Waals surface area (Å²) in [5.41, 5.74) is 2.09. The molecule has 18 nitrogen and oxygen atoms in total. The number of Topliss-reactive ketones (excluding diaryl/α,β-unsaturated/α-hetero) is 1. The number of hydrogen-bond donors (Lipinski definition) is 6. The van der Waals surface area contributed by atoms with E-state index < -0.39 is 90.1 Å². The lowest BCUT2D eigenvalue weighted by Crippen LogP contribution is -2.59. The van der Waals surface area contributed by atoms with Gasteiger partial charge in [-0.25, -0.2) is 4.79 Å². The molecule has 6 N–H and O–H groups in total. The van der Waals surface area contributed by atoms with Crippen molar-refractivity contribution in [3.8, 4) is 0 Å². The quantitative estimate of drug-likeness (QED) is 0.0794. The molecular weight excluding hydrogens is 754 g/mol. The highest BCUT2D eigenvalue weighted by atomic mass is 16.6. The highest BCUT2D eigenvalue weighted by Gasteiger charge is 2.46. The predicted octanol–water partition coefficient (Wildman–Crippen LogP) is 0.794. The number of nitrogens with zero attached hydrogens (tertiary/aromatic N) is 2. The second-order valence-electron chi connectivity index (χ2n) is 15.4. The first-order valence-electron chi connectivity index (χ1n) is 19.9. The number of amides is 7. The number of carbonyl (C=O) groups is 9.